The first-order valence-corrected chi connectivity index (χ1v) is 22.5. The summed E-state index contributed by atoms with van der Waals surface area (Å²) in [5.41, 5.74) is 0. The molecule has 0 bridgehead atoms. The SMILES string of the molecule is CCCCCCCCCCCCCCCCCCCCC(=O)OCC(COC(=O)CCCCCCC)OC(=O)CCCCCCCCCCCC. The van der Waals surface area contributed by atoms with E-state index in [0.717, 1.165) is 64.2 Å². The Morgan fingerprint density at radius 1 is 0.314 bits per heavy atom. The highest BCUT2D eigenvalue weighted by Gasteiger charge is 2.19. The first-order valence-electron chi connectivity index (χ1n) is 22.5. The first-order chi connectivity index (χ1) is 25.0. The van der Waals surface area contributed by atoms with Crippen molar-refractivity contribution in [3.63, 3.8) is 0 Å². The third kappa shape index (κ3) is 39.5. The van der Waals surface area contributed by atoms with Gasteiger partial charge in [0, 0.05) is 19.3 Å². The van der Waals surface area contributed by atoms with Gasteiger partial charge in [0.1, 0.15) is 13.2 Å². The Hall–Kier alpha value is -1.59. The van der Waals surface area contributed by atoms with E-state index in [2.05, 4.69) is 20.8 Å². The Kier molecular flexibility index (Phi) is 39.9. The van der Waals surface area contributed by atoms with Crippen LogP contribution in [0.1, 0.15) is 252 Å². The minimum absolute atomic E-state index is 0.0641. The molecule has 0 rings (SSSR count). The van der Waals surface area contributed by atoms with E-state index >= 15 is 0 Å². The fourth-order valence-corrected chi connectivity index (χ4v) is 6.68. The summed E-state index contributed by atoms with van der Waals surface area (Å²) in [6.07, 6.45) is 41.2. The molecule has 6 nitrogen and oxygen atoms in total. The number of esters is 3. The summed E-state index contributed by atoms with van der Waals surface area (Å²) in [7, 11) is 0. The van der Waals surface area contributed by atoms with E-state index < -0.39 is 6.10 Å². The average molecular weight is 723 g/mol. The van der Waals surface area contributed by atoms with Gasteiger partial charge in [0.05, 0.1) is 0 Å². The number of hydrogen-bond acceptors (Lipinski definition) is 6. The summed E-state index contributed by atoms with van der Waals surface area (Å²) in [6.45, 7) is 6.56. The molecule has 0 aliphatic heterocycles. The molecule has 0 radical (unpaired) electrons. The largest absolute Gasteiger partial charge is 0.462 e. The lowest BCUT2D eigenvalue weighted by Gasteiger charge is -2.18. The highest BCUT2D eigenvalue weighted by Crippen LogP contribution is 2.16. The van der Waals surface area contributed by atoms with Crippen molar-refractivity contribution >= 4 is 17.9 Å². The van der Waals surface area contributed by atoms with E-state index in [4.69, 9.17) is 14.2 Å². The van der Waals surface area contributed by atoms with E-state index in [0.29, 0.717) is 19.3 Å². The zero-order chi connectivity index (χ0) is 37.3. The van der Waals surface area contributed by atoms with Gasteiger partial charge in [-0.2, -0.15) is 0 Å². The molecule has 0 saturated carbocycles. The van der Waals surface area contributed by atoms with Crippen molar-refractivity contribution in [1.29, 1.82) is 0 Å². The van der Waals surface area contributed by atoms with Crippen LogP contribution >= 0.6 is 0 Å². The monoisotopic (exact) mass is 723 g/mol. The van der Waals surface area contributed by atoms with Crippen molar-refractivity contribution < 1.29 is 28.6 Å². The molecule has 0 aromatic carbocycles. The van der Waals surface area contributed by atoms with E-state index in [-0.39, 0.29) is 31.1 Å². The number of rotatable bonds is 41. The van der Waals surface area contributed by atoms with E-state index in [1.54, 1.807) is 0 Å². The van der Waals surface area contributed by atoms with Gasteiger partial charge in [-0.25, -0.2) is 0 Å². The Labute approximate surface area is 317 Å². The summed E-state index contributed by atoms with van der Waals surface area (Å²) in [6, 6.07) is 0. The molecule has 0 saturated heterocycles. The number of ether oxygens (including phenoxy) is 3. The van der Waals surface area contributed by atoms with Crippen molar-refractivity contribution in [2.24, 2.45) is 0 Å². The molecule has 0 aliphatic carbocycles. The van der Waals surface area contributed by atoms with Gasteiger partial charge in [0.25, 0.3) is 0 Å². The summed E-state index contributed by atoms with van der Waals surface area (Å²) in [5.74, 6) is -0.869. The number of hydrogen-bond donors (Lipinski definition) is 0. The van der Waals surface area contributed by atoms with Crippen LogP contribution in [0.15, 0.2) is 0 Å². The maximum atomic E-state index is 12.6. The number of carbonyl (C=O) groups excluding carboxylic acids is 3. The quantitative estimate of drug-likeness (QED) is 0.0355. The maximum absolute atomic E-state index is 12.6. The Balaban J connectivity index is 4.10. The average Bonchev–Trinajstić information content (AvgIpc) is 3.12. The normalized spacial score (nSPS) is 11.8. The third-order valence-electron chi connectivity index (χ3n) is 10.1. The van der Waals surface area contributed by atoms with Crippen molar-refractivity contribution in [2.75, 3.05) is 13.2 Å². The fourth-order valence-electron chi connectivity index (χ4n) is 6.68. The molecule has 0 aliphatic rings. The second-order valence-corrected chi connectivity index (χ2v) is 15.3. The van der Waals surface area contributed by atoms with Crippen molar-refractivity contribution in [3.05, 3.63) is 0 Å². The van der Waals surface area contributed by atoms with E-state index in [1.165, 1.54) is 148 Å². The Morgan fingerprint density at radius 3 is 0.784 bits per heavy atom. The molecule has 0 aromatic heterocycles. The van der Waals surface area contributed by atoms with Crippen LogP contribution in [0.2, 0.25) is 0 Å². The van der Waals surface area contributed by atoms with Crippen LogP contribution < -0.4 is 0 Å². The van der Waals surface area contributed by atoms with E-state index in [1.807, 2.05) is 0 Å². The standard InChI is InChI=1S/C45H86O6/c1-4-7-10-13-15-17-19-20-21-22-23-24-25-26-28-29-32-35-38-44(47)50-41-42(40-49-43(46)37-34-31-12-9-6-3)51-45(48)39-36-33-30-27-18-16-14-11-8-5-2/h42H,4-41H2,1-3H3. The molecular weight excluding hydrogens is 636 g/mol. The minimum Gasteiger partial charge on any atom is -0.462 e. The molecule has 0 amide bonds. The van der Waals surface area contributed by atoms with Crippen LogP contribution in [0.5, 0.6) is 0 Å². The van der Waals surface area contributed by atoms with Gasteiger partial charge in [0.15, 0.2) is 6.10 Å². The van der Waals surface area contributed by atoms with Gasteiger partial charge >= 0.3 is 17.9 Å². The minimum atomic E-state index is -0.756. The van der Waals surface area contributed by atoms with Gasteiger partial charge in [-0.15, -0.1) is 0 Å². The molecule has 1 atom stereocenters. The Morgan fingerprint density at radius 2 is 0.529 bits per heavy atom. The predicted molar refractivity (Wildman–Crippen MR) is 215 cm³/mol. The molecule has 0 fully saturated rings. The van der Waals surface area contributed by atoms with Crippen LogP contribution in [0.4, 0.5) is 0 Å². The topological polar surface area (TPSA) is 78.9 Å². The molecule has 0 N–H and O–H groups in total. The third-order valence-corrected chi connectivity index (χ3v) is 10.1. The van der Waals surface area contributed by atoms with Crippen molar-refractivity contribution in [3.8, 4) is 0 Å². The van der Waals surface area contributed by atoms with Gasteiger partial charge in [-0.3, -0.25) is 14.4 Å². The maximum Gasteiger partial charge on any atom is 0.306 e. The van der Waals surface area contributed by atoms with Gasteiger partial charge < -0.3 is 14.2 Å². The Bertz CT molecular complexity index is 753. The van der Waals surface area contributed by atoms with Gasteiger partial charge in [-0.05, 0) is 19.3 Å². The summed E-state index contributed by atoms with van der Waals surface area (Å²) in [5, 5.41) is 0. The molecule has 0 heterocycles. The smallest absolute Gasteiger partial charge is 0.306 e. The van der Waals surface area contributed by atoms with Crippen molar-refractivity contribution in [2.45, 2.75) is 258 Å². The van der Waals surface area contributed by atoms with Crippen LogP contribution in [-0.2, 0) is 28.6 Å². The zero-order valence-electron chi connectivity index (χ0n) is 34.4. The van der Waals surface area contributed by atoms with Gasteiger partial charge in [0.2, 0.25) is 0 Å². The van der Waals surface area contributed by atoms with Crippen LogP contribution in [0.25, 0.3) is 0 Å². The van der Waals surface area contributed by atoms with E-state index in [9.17, 15) is 14.4 Å². The highest BCUT2D eigenvalue weighted by atomic mass is 16.6. The molecule has 0 spiro atoms. The van der Waals surface area contributed by atoms with Crippen LogP contribution in [0.3, 0.4) is 0 Å². The molecular formula is C45H86O6. The van der Waals surface area contributed by atoms with Crippen molar-refractivity contribution in [1.82, 2.24) is 0 Å². The van der Waals surface area contributed by atoms with Gasteiger partial charge in [-0.1, -0.05) is 213 Å². The molecule has 1 unspecified atom stereocenters. The second kappa shape index (κ2) is 41.2. The summed E-state index contributed by atoms with van der Waals surface area (Å²) < 4.78 is 16.6. The molecule has 6 heteroatoms. The lowest BCUT2D eigenvalue weighted by molar-refractivity contribution is -0.167. The van der Waals surface area contributed by atoms with Crippen LogP contribution in [-0.4, -0.2) is 37.2 Å². The fraction of sp³-hybridized carbons (Fsp3) is 0.933. The lowest BCUT2D eigenvalue weighted by atomic mass is 10.0. The summed E-state index contributed by atoms with van der Waals surface area (Å²) in [4.78, 5) is 37.4. The predicted octanol–water partition coefficient (Wildman–Crippen LogP) is 14.1. The molecule has 302 valence electrons. The molecule has 0 aromatic rings. The highest BCUT2D eigenvalue weighted by molar-refractivity contribution is 5.71. The van der Waals surface area contributed by atoms with Crippen LogP contribution in [0, 0.1) is 0 Å². The first kappa shape index (κ1) is 49.4. The second-order valence-electron chi connectivity index (χ2n) is 15.3. The number of carbonyl (C=O) groups is 3. The zero-order valence-corrected chi connectivity index (χ0v) is 34.4. The summed E-state index contributed by atoms with van der Waals surface area (Å²) >= 11 is 0. The lowest BCUT2D eigenvalue weighted by Crippen LogP contribution is -2.30. The number of unbranched alkanes of at least 4 members (excludes halogenated alkanes) is 30. The molecule has 51 heavy (non-hydrogen) atoms.